The van der Waals surface area contributed by atoms with Crippen molar-refractivity contribution >= 4 is 40.9 Å². The van der Waals surface area contributed by atoms with Gasteiger partial charge in [-0.25, -0.2) is 4.79 Å². The lowest BCUT2D eigenvalue weighted by molar-refractivity contribution is -0.123. The molecule has 2 aromatic carbocycles. The molecule has 0 spiro atoms. The van der Waals surface area contributed by atoms with Gasteiger partial charge >= 0.3 is 6.09 Å². The van der Waals surface area contributed by atoms with E-state index >= 15 is 0 Å². The van der Waals surface area contributed by atoms with Crippen LogP contribution in [0.3, 0.4) is 0 Å². The first-order valence-corrected chi connectivity index (χ1v) is 8.66. The van der Waals surface area contributed by atoms with Crippen LogP contribution < -0.4 is 15.0 Å². The van der Waals surface area contributed by atoms with E-state index < -0.39 is 12.2 Å². The second kappa shape index (κ2) is 8.29. The molecule has 1 aliphatic heterocycles. The van der Waals surface area contributed by atoms with Gasteiger partial charge < -0.3 is 14.8 Å². The number of para-hydroxylation sites is 1. The Labute approximate surface area is 160 Å². The number of hydrogen-bond acceptors (Lipinski definition) is 4. The average Bonchev–Trinajstić information content (AvgIpc) is 3.02. The predicted molar refractivity (Wildman–Crippen MR) is 99.0 cm³/mol. The van der Waals surface area contributed by atoms with Crippen molar-refractivity contribution in [1.29, 1.82) is 0 Å². The van der Waals surface area contributed by atoms with Crippen LogP contribution in [0, 0.1) is 0 Å². The minimum atomic E-state index is -0.433. The highest BCUT2D eigenvalue weighted by Gasteiger charge is 2.32. The third kappa shape index (κ3) is 4.59. The quantitative estimate of drug-likeness (QED) is 0.813. The number of nitrogens with zero attached hydrogens (tertiary/aromatic N) is 1. The van der Waals surface area contributed by atoms with Gasteiger partial charge in [0, 0.05) is 16.8 Å². The Bertz CT molecular complexity index is 801. The Morgan fingerprint density at radius 3 is 2.77 bits per heavy atom. The molecule has 1 heterocycles. The molecule has 1 N–H and O–H groups in total. The maximum atomic E-state index is 11.9. The second-order valence-electron chi connectivity index (χ2n) is 5.62. The van der Waals surface area contributed by atoms with Crippen molar-refractivity contribution in [2.45, 2.75) is 6.10 Å². The third-order valence-electron chi connectivity index (χ3n) is 3.72. The molecule has 2 amide bonds. The number of carbonyl (C=O) groups is 2. The third-order valence-corrected chi connectivity index (χ3v) is 4.27. The van der Waals surface area contributed by atoms with Crippen LogP contribution >= 0.6 is 23.2 Å². The first kappa shape index (κ1) is 18.4. The molecule has 6 nitrogen and oxygen atoms in total. The van der Waals surface area contributed by atoms with Crippen molar-refractivity contribution < 1.29 is 19.1 Å². The number of cyclic esters (lactones) is 1. The maximum absolute atomic E-state index is 11.9. The van der Waals surface area contributed by atoms with E-state index in [1.54, 1.807) is 12.1 Å². The van der Waals surface area contributed by atoms with E-state index in [2.05, 4.69) is 5.32 Å². The molecule has 1 aliphatic rings. The lowest BCUT2D eigenvalue weighted by Gasteiger charge is -2.13. The summed E-state index contributed by atoms with van der Waals surface area (Å²) in [6.45, 7) is 0.341. The van der Waals surface area contributed by atoms with E-state index in [1.165, 1.54) is 11.0 Å². The first-order valence-electron chi connectivity index (χ1n) is 7.90. The number of nitrogens with one attached hydrogen (secondary N) is 1. The zero-order chi connectivity index (χ0) is 18.5. The average molecular weight is 395 g/mol. The van der Waals surface area contributed by atoms with Crippen molar-refractivity contribution in [3.05, 3.63) is 58.6 Å². The highest BCUT2D eigenvalue weighted by molar-refractivity contribution is 6.34. The molecule has 1 fully saturated rings. The summed E-state index contributed by atoms with van der Waals surface area (Å²) in [5.41, 5.74) is 0.755. The Hall–Kier alpha value is -2.44. The van der Waals surface area contributed by atoms with Gasteiger partial charge in [0.15, 0.2) is 6.61 Å². The topological polar surface area (TPSA) is 67.9 Å². The normalized spacial score (nSPS) is 16.3. The highest BCUT2D eigenvalue weighted by atomic mass is 35.5. The Kier molecular flexibility index (Phi) is 5.85. The molecule has 0 saturated carbocycles. The molecule has 0 aromatic heterocycles. The van der Waals surface area contributed by atoms with Crippen molar-refractivity contribution in [3.8, 4) is 5.75 Å². The number of carbonyl (C=O) groups excluding carboxylic acids is 2. The number of rotatable bonds is 6. The van der Waals surface area contributed by atoms with Crippen LogP contribution in [0.15, 0.2) is 48.5 Å². The van der Waals surface area contributed by atoms with E-state index in [4.69, 9.17) is 32.7 Å². The monoisotopic (exact) mass is 394 g/mol. The zero-order valence-electron chi connectivity index (χ0n) is 13.7. The summed E-state index contributed by atoms with van der Waals surface area (Å²) in [5.74, 6) is -0.0212. The molecule has 8 heteroatoms. The van der Waals surface area contributed by atoms with Crippen LogP contribution in [-0.2, 0) is 9.53 Å². The van der Waals surface area contributed by atoms with Gasteiger partial charge in [-0.1, -0.05) is 41.4 Å². The highest BCUT2D eigenvalue weighted by Crippen LogP contribution is 2.27. The standard InChI is InChI=1S/C18H16Cl2N2O4/c19-12-6-7-15(20)16(8-12)25-11-17(23)21-9-14-10-22(18(24)26-14)13-4-2-1-3-5-13/h1-8,14H,9-11H2,(H,21,23). The van der Waals surface area contributed by atoms with Gasteiger partial charge in [0.05, 0.1) is 18.1 Å². The van der Waals surface area contributed by atoms with Crippen molar-refractivity contribution in [2.75, 3.05) is 24.6 Å². The van der Waals surface area contributed by atoms with Crippen LogP contribution in [0.25, 0.3) is 0 Å². The summed E-state index contributed by atoms with van der Waals surface area (Å²) in [6, 6.07) is 14.0. The Morgan fingerprint density at radius 2 is 2.00 bits per heavy atom. The number of halogens is 2. The molecule has 0 radical (unpaired) electrons. The van der Waals surface area contributed by atoms with Gasteiger partial charge in [-0.2, -0.15) is 0 Å². The van der Waals surface area contributed by atoms with Crippen LogP contribution in [0.4, 0.5) is 10.5 Å². The number of anilines is 1. The molecule has 26 heavy (non-hydrogen) atoms. The van der Waals surface area contributed by atoms with E-state index in [0.29, 0.717) is 22.3 Å². The lowest BCUT2D eigenvalue weighted by Crippen LogP contribution is -2.37. The fourth-order valence-electron chi connectivity index (χ4n) is 2.46. The van der Waals surface area contributed by atoms with E-state index in [0.717, 1.165) is 5.69 Å². The molecule has 136 valence electrons. The largest absolute Gasteiger partial charge is 0.482 e. The summed E-state index contributed by atoms with van der Waals surface area (Å²) in [7, 11) is 0. The predicted octanol–water partition coefficient (Wildman–Crippen LogP) is 3.51. The van der Waals surface area contributed by atoms with Gasteiger partial charge in [0.1, 0.15) is 11.9 Å². The minimum absolute atomic E-state index is 0.195. The van der Waals surface area contributed by atoms with Gasteiger partial charge in [0.25, 0.3) is 5.91 Å². The number of amides is 2. The smallest absolute Gasteiger partial charge is 0.414 e. The summed E-state index contributed by atoms with van der Waals surface area (Å²) < 4.78 is 10.6. The second-order valence-corrected chi connectivity index (χ2v) is 6.46. The number of ether oxygens (including phenoxy) is 2. The summed E-state index contributed by atoms with van der Waals surface area (Å²) in [6.07, 6.45) is -0.862. The molecule has 0 bridgehead atoms. The van der Waals surface area contributed by atoms with Gasteiger partial charge in [-0.15, -0.1) is 0 Å². The van der Waals surface area contributed by atoms with Gasteiger partial charge in [-0.05, 0) is 24.3 Å². The Balaban J connectivity index is 1.46. The van der Waals surface area contributed by atoms with Gasteiger partial charge in [-0.3, -0.25) is 9.69 Å². The maximum Gasteiger partial charge on any atom is 0.414 e. The molecule has 2 aromatic rings. The molecular formula is C18H16Cl2N2O4. The van der Waals surface area contributed by atoms with E-state index in [1.807, 2.05) is 30.3 Å². The first-order chi connectivity index (χ1) is 12.5. The molecule has 0 aliphatic carbocycles. The Morgan fingerprint density at radius 1 is 1.23 bits per heavy atom. The summed E-state index contributed by atoms with van der Waals surface area (Å²) in [4.78, 5) is 25.4. The van der Waals surface area contributed by atoms with Crippen LogP contribution in [0.2, 0.25) is 10.0 Å². The van der Waals surface area contributed by atoms with E-state index in [-0.39, 0.29) is 19.1 Å². The van der Waals surface area contributed by atoms with Crippen molar-refractivity contribution in [2.24, 2.45) is 0 Å². The van der Waals surface area contributed by atoms with Crippen molar-refractivity contribution in [1.82, 2.24) is 5.32 Å². The number of benzene rings is 2. The molecule has 3 rings (SSSR count). The summed E-state index contributed by atoms with van der Waals surface area (Å²) in [5, 5.41) is 3.51. The zero-order valence-corrected chi connectivity index (χ0v) is 15.2. The SMILES string of the molecule is O=C(COc1cc(Cl)ccc1Cl)NCC1CN(c2ccccc2)C(=O)O1. The molecule has 1 saturated heterocycles. The van der Waals surface area contributed by atoms with Gasteiger partial charge in [0.2, 0.25) is 0 Å². The molecule has 1 unspecified atom stereocenters. The van der Waals surface area contributed by atoms with Crippen LogP contribution in [0.5, 0.6) is 5.75 Å². The fourth-order valence-corrected chi connectivity index (χ4v) is 2.79. The van der Waals surface area contributed by atoms with Crippen LogP contribution in [0.1, 0.15) is 0 Å². The number of hydrogen-bond donors (Lipinski definition) is 1. The van der Waals surface area contributed by atoms with Crippen LogP contribution in [-0.4, -0.2) is 37.8 Å². The fraction of sp³-hybridized carbons (Fsp3) is 0.222. The molecule has 1 atom stereocenters. The minimum Gasteiger partial charge on any atom is -0.482 e. The van der Waals surface area contributed by atoms with E-state index in [9.17, 15) is 9.59 Å². The van der Waals surface area contributed by atoms with Crippen molar-refractivity contribution in [3.63, 3.8) is 0 Å². The summed E-state index contributed by atoms with van der Waals surface area (Å²) >= 11 is 11.8. The lowest BCUT2D eigenvalue weighted by atomic mass is 10.2. The molecular weight excluding hydrogens is 379 g/mol.